The highest BCUT2D eigenvalue weighted by Gasteiger charge is 2.31. The number of anilines is 1. The maximum absolute atomic E-state index is 12.3. The molecule has 0 radical (unpaired) electrons. The highest BCUT2D eigenvalue weighted by atomic mass is 16.2. The van der Waals surface area contributed by atoms with E-state index >= 15 is 0 Å². The van der Waals surface area contributed by atoms with Gasteiger partial charge in [0.05, 0.1) is 5.69 Å². The van der Waals surface area contributed by atoms with E-state index in [0.29, 0.717) is 23.2 Å². The molecule has 1 aromatic heterocycles. The summed E-state index contributed by atoms with van der Waals surface area (Å²) in [7, 11) is 0. The maximum Gasteiger partial charge on any atom is 0.276 e. The molecule has 1 aliphatic heterocycles. The van der Waals surface area contributed by atoms with Crippen molar-refractivity contribution in [3.8, 4) is 0 Å². The van der Waals surface area contributed by atoms with Gasteiger partial charge < -0.3 is 10.6 Å². The Kier molecular flexibility index (Phi) is 3.09. The largest absolute Gasteiger partial charge is 0.396 e. The van der Waals surface area contributed by atoms with Crippen molar-refractivity contribution in [1.82, 2.24) is 14.7 Å². The lowest BCUT2D eigenvalue weighted by Gasteiger charge is -2.14. The molecule has 1 aliphatic rings. The lowest BCUT2D eigenvalue weighted by atomic mass is 10.0. The average Bonchev–Trinajstić information content (AvgIpc) is 2.82. The number of carbonyl (C=O) groups excluding carboxylic acids is 1. The van der Waals surface area contributed by atoms with Crippen molar-refractivity contribution in [2.24, 2.45) is 11.8 Å². The Bertz CT molecular complexity index is 416. The predicted octanol–water partition coefficient (Wildman–Crippen LogP) is 1.21. The summed E-state index contributed by atoms with van der Waals surface area (Å²) in [5.74, 6) is 1.06. The number of nitrogen functional groups attached to an aromatic ring is 1. The molecule has 2 heterocycles. The van der Waals surface area contributed by atoms with Crippen molar-refractivity contribution in [2.45, 2.75) is 27.3 Å². The van der Waals surface area contributed by atoms with Crippen LogP contribution in [0.25, 0.3) is 0 Å². The third kappa shape index (κ3) is 2.14. The number of carbonyl (C=O) groups is 1. The molecule has 1 amide bonds. The molecule has 17 heavy (non-hydrogen) atoms. The molecule has 5 heteroatoms. The number of aryl methyl sites for hydroxylation is 1. The third-order valence-corrected chi connectivity index (χ3v) is 3.59. The van der Waals surface area contributed by atoms with Gasteiger partial charge in [0.25, 0.3) is 5.91 Å². The van der Waals surface area contributed by atoms with Crippen molar-refractivity contribution < 1.29 is 4.79 Å². The minimum absolute atomic E-state index is 0.0362. The van der Waals surface area contributed by atoms with Crippen molar-refractivity contribution in [1.29, 1.82) is 0 Å². The van der Waals surface area contributed by atoms with Crippen LogP contribution in [0, 0.1) is 11.8 Å². The molecule has 0 saturated carbocycles. The van der Waals surface area contributed by atoms with Crippen molar-refractivity contribution >= 4 is 11.6 Å². The zero-order chi connectivity index (χ0) is 12.6. The summed E-state index contributed by atoms with van der Waals surface area (Å²) in [6, 6.07) is 0. The van der Waals surface area contributed by atoms with Crippen molar-refractivity contribution in [2.75, 3.05) is 18.8 Å². The first-order valence-corrected chi connectivity index (χ1v) is 6.15. The molecule has 94 valence electrons. The van der Waals surface area contributed by atoms with Crippen LogP contribution in [0.15, 0.2) is 6.20 Å². The fraction of sp³-hybridized carbons (Fsp3) is 0.667. The molecule has 1 aromatic rings. The highest BCUT2D eigenvalue weighted by Crippen LogP contribution is 2.24. The second-order valence-corrected chi connectivity index (χ2v) is 4.95. The zero-order valence-corrected chi connectivity index (χ0v) is 10.7. The van der Waals surface area contributed by atoms with Crippen LogP contribution in [0.5, 0.6) is 0 Å². The van der Waals surface area contributed by atoms with E-state index in [1.165, 1.54) is 0 Å². The zero-order valence-electron chi connectivity index (χ0n) is 10.7. The molecular weight excluding hydrogens is 216 g/mol. The lowest BCUT2D eigenvalue weighted by Crippen LogP contribution is -2.29. The van der Waals surface area contributed by atoms with Gasteiger partial charge in [-0.1, -0.05) is 13.8 Å². The van der Waals surface area contributed by atoms with Crippen molar-refractivity contribution in [3.63, 3.8) is 0 Å². The maximum atomic E-state index is 12.3. The van der Waals surface area contributed by atoms with E-state index in [9.17, 15) is 4.79 Å². The fourth-order valence-electron chi connectivity index (χ4n) is 2.21. The van der Waals surface area contributed by atoms with E-state index in [2.05, 4.69) is 18.9 Å². The molecule has 0 aromatic carbocycles. The molecule has 1 saturated heterocycles. The predicted molar refractivity (Wildman–Crippen MR) is 66.5 cm³/mol. The molecule has 2 N–H and O–H groups in total. The standard InChI is InChI=1S/C12H20N4O/c1-4-16-7-10(13)11(14-16)12(17)15-5-8(2)9(3)6-15/h7-9H,4-6,13H2,1-3H3. The Balaban J connectivity index is 2.17. The van der Waals surface area contributed by atoms with Crippen LogP contribution >= 0.6 is 0 Å². The molecule has 5 nitrogen and oxygen atoms in total. The van der Waals surface area contributed by atoms with Crippen LogP contribution < -0.4 is 5.73 Å². The summed E-state index contributed by atoms with van der Waals surface area (Å²) in [6.45, 7) is 8.65. The number of hydrogen-bond acceptors (Lipinski definition) is 3. The second kappa shape index (κ2) is 4.39. The number of amides is 1. The number of nitrogens with zero attached hydrogens (tertiary/aromatic N) is 3. The molecule has 1 fully saturated rings. The van der Waals surface area contributed by atoms with Gasteiger partial charge in [-0.15, -0.1) is 0 Å². The molecular formula is C12H20N4O. The van der Waals surface area contributed by atoms with E-state index in [-0.39, 0.29) is 5.91 Å². The molecule has 2 unspecified atom stereocenters. The lowest BCUT2D eigenvalue weighted by molar-refractivity contribution is 0.0779. The summed E-state index contributed by atoms with van der Waals surface area (Å²) in [6.07, 6.45) is 1.72. The van der Waals surface area contributed by atoms with Crippen LogP contribution in [0.1, 0.15) is 31.3 Å². The van der Waals surface area contributed by atoms with Crippen LogP contribution in [0.4, 0.5) is 5.69 Å². The van der Waals surface area contributed by atoms with Gasteiger partial charge in [-0.25, -0.2) is 0 Å². The van der Waals surface area contributed by atoms with Gasteiger partial charge in [0.2, 0.25) is 0 Å². The Morgan fingerprint density at radius 1 is 1.47 bits per heavy atom. The van der Waals surface area contributed by atoms with Crippen LogP contribution in [0.2, 0.25) is 0 Å². The first-order chi connectivity index (χ1) is 8.02. The first kappa shape index (κ1) is 12.0. The van der Waals surface area contributed by atoms with Gasteiger partial charge in [0.15, 0.2) is 5.69 Å². The van der Waals surface area contributed by atoms with Crippen molar-refractivity contribution in [3.05, 3.63) is 11.9 Å². The first-order valence-electron chi connectivity index (χ1n) is 6.15. The Hall–Kier alpha value is -1.52. The second-order valence-electron chi connectivity index (χ2n) is 4.95. The fourth-order valence-corrected chi connectivity index (χ4v) is 2.21. The molecule has 0 bridgehead atoms. The number of likely N-dealkylation sites (tertiary alicyclic amines) is 1. The van der Waals surface area contributed by atoms with E-state index in [1.807, 2.05) is 11.8 Å². The van der Waals surface area contributed by atoms with E-state index in [0.717, 1.165) is 19.6 Å². The number of rotatable bonds is 2. The molecule has 2 rings (SSSR count). The Morgan fingerprint density at radius 2 is 2.06 bits per heavy atom. The third-order valence-electron chi connectivity index (χ3n) is 3.59. The molecule has 0 aliphatic carbocycles. The summed E-state index contributed by atoms with van der Waals surface area (Å²) < 4.78 is 1.70. The highest BCUT2D eigenvalue weighted by molar-refractivity contribution is 5.97. The summed E-state index contributed by atoms with van der Waals surface area (Å²) >= 11 is 0. The van der Waals surface area contributed by atoms with Gasteiger partial charge in [-0.2, -0.15) is 5.10 Å². The number of aromatic nitrogens is 2. The average molecular weight is 236 g/mol. The minimum atomic E-state index is -0.0362. The Labute approximate surface area is 102 Å². The van der Waals surface area contributed by atoms with Gasteiger partial charge in [-0.05, 0) is 18.8 Å². The summed E-state index contributed by atoms with van der Waals surface area (Å²) in [5.41, 5.74) is 6.70. The van der Waals surface area contributed by atoms with E-state index in [4.69, 9.17) is 5.73 Å². The monoisotopic (exact) mass is 236 g/mol. The summed E-state index contributed by atoms with van der Waals surface area (Å²) in [5, 5.41) is 4.22. The van der Waals surface area contributed by atoms with E-state index in [1.54, 1.807) is 10.9 Å². The van der Waals surface area contributed by atoms with Gasteiger partial charge in [0.1, 0.15) is 0 Å². The van der Waals surface area contributed by atoms with Crippen LogP contribution in [0.3, 0.4) is 0 Å². The normalized spacial score (nSPS) is 24.3. The molecule has 2 atom stereocenters. The van der Waals surface area contributed by atoms with Gasteiger partial charge in [-0.3, -0.25) is 9.48 Å². The SMILES string of the molecule is CCn1cc(N)c(C(=O)N2CC(C)C(C)C2)n1. The molecule has 0 spiro atoms. The quantitative estimate of drug-likeness (QED) is 0.839. The van der Waals surface area contributed by atoms with Crippen LogP contribution in [-0.2, 0) is 6.54 Å². The van der Waals surface area contributed by atoms with E-state index < -0.39 is 0 Å². The number of hydrogen-bond donors (Lipinski definition) is 1. The van der Waals surface area contributed by atoms with Gasteiger partial charge in [0, 0.05) is 25.8 Å². The number of nitrogens with two attached hydrogens (primary N) is 1. The van der Waals surface area contributed by atoms with Gasteiger partial charge >= 0.3 is 0 Å². The van der Waals surface area contributed by atoms with Crippen LogP contribution in [-0.4, -0.2) is 33.7 Å². The minimum Gasteiger partial charge on any atom is -0.396 e. The topological polar surface area (TPSA) is 64.2 Å². The Morgan fingerprint density at radius 3 is 2.53 bits per heavy atom. The smallest absolute Gasteiger partial charge is 0.276 e. The summed E-state index contributed by atoms with van der Waals surface area (Å²) in [4.78, 5) is 14.1.